The average Bonchev–Trinajstić information content (AvgIpc) is 3.11. The molecule has 0 spiro atoms. The van der Waals surface area contributed by atoms with Crippen LogP contribution in [0.2, 0.25) is 0 Å². The first-order chi connectivity index (χ1) is 15.6. The molecule has 0 saturated carbocycles. The minimum atomic E-state index is -0.308. The maximum absolute atomic E-state index is 13.8. The third kappa shape index (κ3) is 3.91. The number of carbonyl (C=O) groups is 1. The SMILES string of the molecule is O=C(NCc1cccc(F)c1)C1CCCc2c1c1ccccc1n2Cc1cccc(F)c1. The molecular weight excluding hydrogens is 406 g/mol. The third-order valence-electron chi connectivity index (χ3n) is 6.28. The van der Waals surface area contributed by atoms with Crippen molar-refractivity contribution in [1.82, 2.24) is 9.88 Å². The van der Waals surface area contributed by atoms with Gasteiger partial charge in [0.1, 0.15) is 11.6 Å². The number of carbonyl (C=O) groups excluding carboxylic acids is 1. The van der Waals surface area contributed by atoms with Gasteiger partial charge in [-0.15, -0.1) is 0 Å². The van der Waals surface area contributed by atoms with Gasteiger partial charge in [-0.1, -0.05) is 42.5 Å². The summed E-state index contributed by atoms with van der Waals surface area (Å²) in [7, 11) is 0. The van der Waals surface area contributed by atoms with Gasteiger partial charge in [0.15, 0.2) is 0 Å². The zero-order chi connectivity index (χ0) is 22.1. The minimum Gasteiger partial charge on any atom is -0.351 e. The Morgan fingerprint density at radius 2 is 1.66 bits per heavy atom. The molecule has 0 saturated heterocycles. The molecule has 1 aromatic heterocycles. The van der Waals surface area contributed by atoms with Gasteiger partial charge in [-0.25, -0.2) is 8.78 Å². The first-order valence-corrected chi connectivity index (χ1v) is 11.0. The number of hydrogen-bond donors (Lipinski definition) is 1. The van der Waals surface area contributed by atoms with Crippen molar-refractivity contribution in [3.8, 4) is 0 Å². The second-order valence-corrected chi connectivity index (χ2v) is 8.39. The van der Waals surface area contributed by atoms with Crippen molar-refractivity contribution >= 4 is 16.8 Å². The molecule has 1 aliphatic carbocycles. The van der Waals surface area contributed by atoms with E-state index in [0.717, 1.165) is 52.5 Å². The lowest BCUT2D eigenvalue weighted by atomic mass is 9.84. The Balaban J connectivity index is 1.49. The molecule has 162 valence electrons. The van der Waals surface area contributed by atoms with Crippen LogP contribution in [0, 0.1) is 11.6 Å². The van der Waals surface area contributed by atoms with Crippen LogP contribution in [0.4, 0.5) is 8.78 Å². The lowest BCUT2D eigenvalue weighted by molar-refractivity contribution is -0.123. The summed E-state index contributed by atoms with van der Waals surface area (Å²) in [6, 6.07) is 21.1. The van der Waals surface area contributed by atoms with Crippen LogP contribution >= 0.6 is 0 Å². The highest BCUT2D eigenvalue weighted by atomic mass is 19.1. The summed E-state index contributed by atoms with van der Waals surface area (Å²) in [5, 5.41) is 4.08. The fourth-order valence-electron chi connectivity index (χ4n) is 4.88. The number of para-hydroxylation sites is 1. The molecule has 32 heavy (non-hydrogen) atoms. The van der Waals surface area contributed by atoms with E-state index in [2.05, 4.69) is 22.0 Å². The number of halogens is 2. The van der Waals surface area contributed by atoms with E-state index in [1.807, 2.05) is 18.2 Å². The molecule has 1 N–H and O–H groups in total. The number of hydrogen-bond acceptors (Lipinski definition) is 1. The molecule has 1 atom stereocenters. The molecule has 3 aromatic carbocycles. The second-order valence-electron chi connectivity index (χ2n) is 8.39. The van der Waals surface area contributed by atoms with Crippen LogP contribution in [-0.4, -0.2) is 10.5 Å². The van der Waals surface area contributed by atoms with Gasteiger partial charge in [-0.2, -0.15) is 0 Å². The van der Waals surface area contributed by atoms with Gasteiger partial charge in [0.25, 0.3) is 0 Å². The Labute approximate surface area is 185 Å². The summed E-state index contributed by atoms with van der Waals surface area (Å²) < 4.78 is 29.5. The molecule has 1 unspecified atom stereocenters. The van der Waals surface area contributed by atoms with E-state index in [-0.39, 0.29) is 23.5 Å². The molecule has 0 fully saturated rings. The molecule has 1 amide bonds. The summed E-state index contributed by atoms with van der Waals surface area (Å²) in [6.45, 7) is 0.857. The molecule has 3 nitrogen and oxygen atoms in total. The second kappa shape index (κ2) is 8.58. The standard InChI is InChI=1S/C27H24F2N2O/c28-20-8-3-6-18(14-20)16-30-27(32)23-11-5-13-25-26(23)22-10-1-2-12-24(22)31(25)17-19-7-4-9-21(29)15-19/h1-4,6-10,12,14-15,23H,5,11,13,16-17H2,(H,30,32). The third-order valence-corrected chi connectivity index (χ3v) is 6.28. The maximum Gasteiger partial charge on any atom is 0.227 e. The van der Waals surface area contributed by atoms with Crippen LogP contribution in [-0.2, 0) is 24.3 Å². The van der Waals surface area contributed by atoms with Gasteiger partial charge < -0.3 is 9.88 Å². The molecule has 5 heteroatoms. The van der Waals surface area contributed by atoms with E-state index in [9.17, 15) is 13.6 Å². The maximum atomic E-state index is 13.8. The number of fused-ring (bicyclic) bond motifs is 3. The fourth-order valence-corrected chi connectivity index (χ4v) is 4.88. The Bertz CT molecular complexity index is 1290. The zero-order valence-corrected chi connectivity index (χ0v) is 17.7. The smallest absolute Gasteiger partial charge is 0.227 e. The zero-order valence-electron chi connectivity index (χ0n) is 17.7. The van der Waals surface area contributed by atoms with E-state index < -0.39 is 0 Å². The summed E-state index contributed by atoms with van der Waals surface area (Å²) in [5.41, 5.74) is 4.91. The summed E-state index contributed by atoms with van der Waals surface area (Å²) >= 11 is 0. The highest BCUT2D eigenvalue weighted by molar-refractivity contribution is 5.94. The van der Waals surface area contributed by atoms with E-state index >= 15 is 0 Å². The number of aromatic nitrogens is 1. The van der Waals surface area contributed by atoms with Gasteiger partial charge in [-0.05, 0) is 66.3 Å². The van der Waals surface area contributed by atoms with E-state index in [4.69, 9.17) is 0 Å². The van der Waals surface area contributed by atoms with Crippen molar-refractivity contribution in [2.45, 2.75) is 38.3 Å². The normalized spacial score (nSPS) is 15.5. The molecule has 1 aliphatic rings. The van der Waals surface area contributed by atoms with E-state index in [1.54, 1.807) is 24.3 Å². The van der Waals surface area contributed by atoms with Crippen LogP contribution < -0.4 is 5.32 Å². The average molecular weight is 430 g/mol. The molecule has 0 bridgehead atoms. The van der Waals surface area contributed by atoms with Crippen LogP contribution in [0.15, 0.2) is 72.8 Å². The van der Waals surface area contributed by atoms with E-state index in [1.165, 1.54) is 18.2 Å². The van der Waals surface area contributed by atoms with Gasteiger partial charge >= 0.3 is 0 Å². The Hall–Kier alpha value is -3.47. The lowest BCUT2D eigenvalue weighted by Crippen LogP contribution is -2.31. The number of nitrogens with zero attached hydrogens (tertiary/aromatic N) is 1. The predicted octanol–water partition coefficient (Wildman–Crippen LogP) is 5.70. The van der Waals surface area contributed by atoms with Crippen molar-refractivity contribution in [2.75, 3.05) is 0 Å². The lowest BCUT2D eigenvalue weighted by Gasteiger charge is -2.24. The molecule has 0 radical (unpaired) electrons. The molecule has 1 heterocycles. The van der Waals surface area contributed by atoms with Crippen LogP contribution in [0.5, 0.6) is 0 Å². The summed E-state index contributed by atoms with van der Waals surface area (Å²) in [5.74, 6) is -0.852. The number of nitrogens with one attached hydrogen (secondary N) is 1. The fraction of sp³-hybridized carbons (Fsp3) is 0.222. The van der Waals surface area contributed by atoms with Gasteiger partial charge in [0.05, 0.1) is 5.92 Å². The number of rotatable bonds is 5. The largest absolute Gasteiger partial charge is 0.351 e. The quantitative estimate of drug-likeness (QED) is 0.433. The van der Waals surface area contributed by atoms with Gasteiger partial charge in [0, 0.05) is 29.7 Å². The van der Waals surface area contributed by atoms with Gasteiger partial charge in [-0.3, -0.25) is 4.79 Å². The van der Waals surface area contributed by atoms with Crippen molar-refractivity contribution in [3.05, 3.63) is 107 Å². The predicted molar refractivity (Wildman–Crippen MR) is 121 cm³/mol. The minimum absolute atomic E-state index is 0.0381. The van der Waals surface area contributed by atoms with Crippen LogP contribution in [0.3, 0.4) is 0 Å². The number of benzene rings is 3. The van der Waals surface area contributed by atoms with Crippen molar-refractivity contribution < 1.29 is 13.6 Å². The van der Waals surface area contributed by atoms with Gasteiger partial charge in [0.2, 0.25) is 5.91 Å². The summed E-state index contributed by atoms with van der Waals surface area (Å²) in [6.07, 6.45) is 2.56. The molecule has 0 aliphatic heterocycles. The Morgan fingerprint density at radius 1 is 0.938 bits per heavy atom. The monoisotopic (exact) mass is 430 g/mol. The Morgan fingerprint density at radius 3 is 2.44 bits per heavy atom. The first kappa shape index (κ1) is 20.4. The van der Waals surface area contributed by atoms with E-state index in [0.29, 0.717) is 13.1 Å². The van der Waals surface area contributed by atoms with Crippen molar-refractivity contribution in [2.24, 2.45) is 0 Å². The van der Waals surface area contributed by atoms with Crippen molar-refractivity contribution in [3.63, 3.8) is 0 Å². The van der Waals surface area contributed by atoms with Crippen molar-refractivity contribution in [1.29, 1.82) is 0 Å². The van der Waals surface area contributed by atoms with Crippen LogP contribution in [0.25, 0.3) is 10.9 Å². The Kier molecular flexibility index (Phi) is 5.48. The molecule has 4 aromatic rings. The molecule has 5 rings (SSSR count). The topological polar surface area (TPSA) is 34.0 Å². The molecular formula is C27H24F2N2O. The van der Waals surface area contributed by atoms with Crippen LogP contribution in [0.1, 0.15) is 41.1 Å². The number of amides is 1. The summed E-state index contributed by atoms with van der Waals surface area (Å²) in [4.78, 5) is 13.2. The first-order valence-electron chi connectivity index (χ1n) is 11.0. The highest BCUT2D eigenvalue weighted by Crippen LogP contribution is 2.39. The highest BCUT2D eigenvalue weighted by Gasteiger charge is 2.31.